The summed E-state index contributed by atoms with van der Waals surface area (Å²) >= 11 is 1.21. The normalized spacial score (nSPS) is 10.4. The second-order valence-electron chi connectivity index (χ2n) is 4.21. The van der Waals surface area contributed by atoms with Gasteiger partial charge in [-0.05, 0) is 18.6 Å². The van der Waals surface area contributed by atoms with Crippen molar-refractivity contribution in [3.05, 3.63) is 48.3 Å². The molecule has 106 valence electrons. The molecular weight excluding hydrogens is 277 g/mol. The van der Waals surface area contributed by atoms with Gasteiger partial charge in [0.25, 0.3) is 0 Å². The van der Waals surface area contributed by atoms with Gasteiger partial charge in [0.1, 0.15) is 11.6 Å². The highest BCUT2D eigenvalue weighted by Crippen LogP contribution is 2.20. The fourth-order valence-corrected chi connectivity index (χ4v) is 2.44. The minimum Gasteiger partial charge on any atom is -0.355 e. The second kappa shape index (κ2) is 7.69. The van der Waals surface area contributed by atoms with Crippen LogP contribution in [0.2, 0.25) is 0 Å². The van der Waals surface area contributed by atoms with E-state index in [-0.39, 0.29) is 17.5 Å². The summed E-state index contributed by atoms with van der Waals surface area (Å²) in [5, 5.41) is 2.81. The van der Waals surface area contributed by atoms with Gasteiger partial charge in [0.15, 0.2) is 0 Å². The molecule has 0 aliphatic heterocycles. The summed E-state index contributed by atoms with van der Waals surface area (Å²) in [6, 6.07) is 6.45. The Kier molecular flexibility index (Phi) is 5.61. The molecular formula is C14H16FN3OS. The SMILES string of the molecule is O=C(CSc1ccccc1F)NCCCc1ncc[nH]1. The van der Waals surface area contributed by atoms with Crippen molar-refractivity contribution in [2.75, 3.05) is 12.3 Å². The summed E-state index contributed by atoms with van der Waals surface area (Å²) in [5.41, 5.74) is 0. The van der Waals surface area contributed by atoms with Crippen LogP contribution in [0.3, 0.4) is 0 Å². The first-order valence-corrected chi connectivity index (χ1v) is 7.36. The zero-order chi connectivity index (χ0) is 14.2. The van der Waals surface area contributed by atoms with Crippen LogP contribution in [-0.2, 0) is 11.2 Å². The van der Waals surface area contributed by atoms with Crippen LogP contribution in [0.15, 0.2) is 41.6 Å². The lowest BCUT2D eigenvalue weighted by Gasteiger charge is -2.05. The van der Waals surface area contributed by atoms with Gasteiger partial charge in [-0.2, -0.15) is 0 Å². The number of aromatic nitrogens is 2. The highest BCUT2D eigenvalue weighted by atomic mass is 32.2. The number of aryl methyl sites for hydroxylation is 1. The molecule has 0 aliphatic carbocycles. The van der Waals surface area contributed by atoms with E-state index in [1.54, 1.807) is 30.6 Å². The van der Waals surface area contributed by atoms with E-state index < -0.39 is 0 Å². The summed E-state index contributed by atoms with van der Waals surface area (Å²) < 4.78 is 13.3. The van der Waals surface area contributed by atoms with E-state index in [1.165, 1.54) is 17.8 Å². The maximum atomic E-state index is 13.3. The Morgan fingerprint density at radius 1 is 1.40 bits per heavy atom. The molecule has 2 N–H and O–H groups in total. The summed E-state index contributed by atoms with van der Waals surface area (Å²) in [5.74, 6) is 0.766. The third kappa shape index (κ3) is 4.70. The topological polar surface area (TPSA) is 57.8 Å². The van der Waals surface area contributed by atoms with Gasteiger partial charge in [0, 0.05) is 30.3 Å². The van der Waals surface area contributed by atoms with Gasteiger partial charge in [-0.1, -0.05) is 12.1 Å². The standard InChI is InChI=1S/C14H16FN3OS/c15-11-4-1-2-5-12(11)20-10-14(19)18-7-3-6-13-16-8-9-17-13/h1-2,4-5,8-9H,3,6-7,10H2,(H,16,17)(H,18,19). The quantitative estimate of drug-likeness (QED) is 0.609. The van der Waals surface area contributed by atoms with Crippen LogP contribution in [0.4, 0.5) is 4.39 Å². The Labute approximate surface area is 121 Å². The molecule has 2 rings (SSSR count). The lowest BCUT2D eigenvalue weighted by molar-refractivity contribution is -0.118. The van der Waals surface area contributed by atoms with Crippen LogP contribution in [0.1, 0.15) is 12.2 Å². The van der Waals surface area contributed by atoms with Crippen LogP contribution in [0.5, 0.6) is 0 Å². The lowest BCUT2D eigenvalue weighted by Crippen LogP contribution is -2.26. The zero-order valence-electron chi connectivity index (χ0n) is 10.9. The molecule has 4 nitrogen and oxygen atoms in total. The Bertz CT molecular complexity index is 545. The minimum atomic E-state index is -0.289. The fourth-order valence-electron chi connectivity index (χ4n) is 1.67. The number of imidazole rings is 1. The number of carbonyl (C=O) groups is 1. The van der Waals surface area contributed by atoms with Crippen molar-refractivity contribution in [1.29, 1.82) is 0 Å². The number of amides is 1. The van der Waals surface area contributed by atoms with E-state index in [0.717, 1.165) is 18.7 Å². The number of nitrogens with one attached hydrogen (secondary N) is 2. The van der Waals surface area contributed by atoms with E-state index in [0.29, 0.717) is 11.4 Å². The number of thioether (sulfide) groups is 1. The van der Waals surface area contributed by atoms with Gasteiger partial charge in [-0.15, -0.1) is 11.8 Å². The van der Waals surface area contributed by atoms with Crippen molar-refractivity contribution in [2.45, 2.75) is 17.7 Å². The Morgan fingerprint density at radius 3 is 3.00 bits per heavy atom. The molecule has 20 heavy (non-hydrogen) atoms. The van der Waals surface area contributed by atoms with Crippen molar-refractivity contribution in [2.24, 2.45) is 0 Å². The minimum absolute atomic E-state index is 0.0855. The van der Waals surface area contributed by atoms with Crippen molar-refractivity contribution in [3.63, 3.8) is 0 Å². The molecule has 0 bridgehead atoms. The second-order valence-corrected chi connectivity index (χ2v) is 5.23. The molecule has 0 unspecified atom stereocenters. The van der Waals surface area contributed by atoms with E-state index in [2.05, 4.69) is 15.3 Å². The summed E-state index contributed by atoms with van der Waals surface area (Å²) in [4.78, 5) is 19.2. The first-order valence-electron chi connectivity index (χ1n) is 6.38. The average molecular weight is 293 g/mol. The first kappa shape index (κ1) is 14.6. The maximum absolute atomic E-state index is 13.3. The highest BCUT2D eigenvalue weighted by Gasteiger charge is 2.05. The fraction of sp³-hybridized carbons (Fsp3) is 0.286. The number of halogens is 1. The summed E-state index contributed by atoms with van der Waals surface area (Å²) in [6.07, 6.45) is 5.11. The lowest BCUT2D eigenvalue weighted by atomic mass is 10.3. The first-order chi connectivity index (χ1) is 9.75. The monoisotopic (exact) mass is 293 g/mol. The highest BCUT2D eigenvalue weighted by molar-refractivity contribution is 8.00. The number of H-pyrrole nitrogens is 1. The van der Waals surface area contributed by atoms with Gasteiger partial charge in [0.05, 0.1) is 5.75 Å². The number of carbonyl (C=O) groups excluding carboxylic acids is 1. The smallest absolute Gasteiger partial charge is 0.230 e. The van der Waals surface area contributed by atoms with Gasteiger partial charge in [-0.3, -0.25) is 4.79 Å². The van der Waals surface area contributed by atoms with E-state index in [9.17, 15) is 9.18 Å². The predicted molar refractivity (Wildman–Crippen MR) is 77.0 cm³/mol. The average Bonchev–Trinajstić information content (AvgIpc) is 2.96. The van der Waals surface area contributed by atoms with E-state index in [1.807, 2.05) is 0 Å². The van der Waals surface area contributed by atoms with Gasteiger partial charge in [0.2, 0.25) is 5.91 Å². The molecule has 0 saturated heterocycles. The maximum Gasteiger partial charge on any atom is 0.230 e. The zero-order valence-corrected chi connectivity index (χ0v) is 11.8. The predicted octanol–water partition coefficient (Wildman–Crippen LogP) is 2.39. The summed E-state index contributed by atoms with van der Waals surface area (Å²) in [7, 11) is 0. The molecule has 6 heteroatoms. The molecule has 0 aliphatic rings. The number of rotatable bonds is 7. The number of aromatic amines is 1. The molecule has 0 saturated carbocycles. The number of hydrogen-bond donors (Lipinski definition) is 2. The van der Waals surface area contributed by atoms with Crippen molar-refractivity contribution in [1.82, 2.24) is 15.3 Å². The van der Waals surface area contributed by atoms with E-state index in [4.69, 9.17) is 0 Å². The van der Waals surface area contributed by atoms with Crippen LogP contribution < -0.4 is 5.32 Å². The Morgan fingerprint density at radius 2 is 2.25 bits per heavy atom. The van der Waals surface area contributed by atoms with Crippen LogP contribution in [-0.4, -0.2) is 28.2 Å². The van der Waals surface area contributed by atoms with Gasteiger partial charge < -0.3 is 10.3 Å². The largest absolute Gasteiger partial charge is 0.355 e. The molecule has 0 atom stereocenters. The van der Waals surface area contributed by atoms with Crippen LogP contribution in [0, 0.1) is 5.82 Å². The van der Waals surface area contributed by atoms with Gasteiger partial charge in [-0.25, -0.2) is 9.37 Å². The molecule has 0 spiro atoms. The van der Waals surface area contributed by atoms with Crippen molar-refractivity contribution in [3.8, 4) is 0 Å². The molecule has 1 heterocycles. The van der Waals surface area contributed by atoms with Crippen LogP contribution in [0.25, 0.3) is 0 Å². The third-order valence-corrected chi connectivity index (χ3v) is 3.71. The molecule has 1 aromatic heterocycles. The Balaban J connectivity index is 1.62. The number of nitrogens with zero attached hydrogens (tertiary/aromatic N) is 1. The number of benzene rings is 1. The third-order valence-electron chi connectivity index (χ3n) is 2.66. The van der Waals surface area contributed by atoms with Crippen molar-refractivity contribution < 1.29 is 9.18 Å². The van der Waals surface area contributed by atoms with Crippen molar-refractivity contribution >= 4 is 17.7 Å². The summed E-state index contributed by atoms with van der Waals surface area (Å²) in [6.45, 7) is 0.595. The molecule has 0 radical (unpaired) electrons. The molecule has 1 amide bonds. The van der Waals surface area contributed by atoms with E-state index >= 15 is 0 Å². The number of hydrogen-bond acceptors (Lipinski definition) is 3. The van der Waals surface area contributed by atoms with Gasteiger partial charge >= 0.3 is 0 Å². The van der Waals surface area contributed by atoms with Crippen LogP contribution >= 0.6 is 11.8 Å². The molecule has 2 aromatic rings. The Hall–Kier alpha value is -1.82. The molecule has 0 fully saturated rings. The molecule has 1 aromatic carbocycles.